The van der Waals surface area contributed by atoms with Gasteiger partial charge in [-0.15, -0.1) is 0 Å². The van der Waals surface area contributed by atoms with Crippen LogP contribution in [0, 0.1) is 18.7 Å². The lowest BCUT2D eigenvalue weighted by atomic mass is 9.85. The molecule has 2 unspecified atom stereocenters. The van der Waals surface area contributed by atoms with Crippen molar-refractivity contribution in [2.45, 2.75) is 45.6 Å². The van der Waals surface area contributed by atoms with E-state index in [0.29, 0.717) is 18.7 Å². The quantitative estimate of drug-likeness (QED) is 0.855. The molecule has 20 heavy (non-hydrogen) atoms. The fourth-order valence-electron chi connectivity index (χ4n) is 2.75. The molecular formula is C16H22FNO2. The summed E-state index contributed by atoms with van der Waals surface area (Å²) in [6.45, 7) is 4.10. The van der Waals surface area contributed by atoms with E-state index in [0.717, 1.165) is 24.8 Å². The topological polar surface area (TPSA) is 38.3 Å². The smallest absolute Gasteiger partial charge is 0.308 e. The second-order valence-electron chi connectivity index (χ2n) is 5.44. The minimum atomic E-state index is -0.233. The number of hydrogen-bond acceptors (Lipinski definition) is 3. The van der Waals surface area contributed by atoms with Crippen molar-refractivity contribution in [1.82, 2.24) is 0 Å². The average molecular weight is 279 g/mol. The fourth-order valence-corrected chi connectivity index (χ4v) is 2.75. The average Bonchev–Trinajstić information content (AvgIpc) is 2.43. The zero-order chi connectivity index (χ0) is 14.5. The Morgan fingerprint density at radius 3 is 2.95 bits per heavy atom. The minimum Gasteiger partial charge on any atom is -0.466 e. The first-order chi connectivity index (χ1) is 9.60. The van der Waals surface area contributed by atoms with Crippen LogP contribution in [0.5, 0.6) is 0 Å². The summed E-state index contributed by atoms with van der Waals surface area (Å²) in [5.74, 6) is -0.415. The molecule has 4 heteroatoms. The van der Waals surface area contributed by atoms with E-state index in [4.69, 9.17) is 4.74 Å². The number of nitrogens with one attached hydrogen (secondary N) is 1. The van der Waals surface area contributed by atoms with Crippen LogP contribution in [0.4, 0.5) is 10.1 Å². The number of esters is 1. The number of carbonyl (C=O) groups excluding carboxylic acids is 1. The Balaban J connectivity index is 1.97. The van der Waals surface area contributed by atoms with Gasteiger partial charge in [-0.05, 0) is 50.8 Å². The first-order valence-electron chi connectivity index (χ1n) is 7.29. The second kappa shape index (κ2) is 6.73. The van der Waals surface area contributed by atoms with Gasteiger partial charge in [-0.25, -0.2) is 4.39 Å². The minimum absolute atomic E-state index is 0.0605. The zero-order valence-corrected chi connectivity index (χ0v) is 12.1. The predicted octanol–water partition coefficient (Wildman–Crippen LogP) is 3.67. The predicted molar refractivity (Wildman–Crippen MR) is 77.1 cm³/mol. The molecule has 0 bridgehead atoms. The second-order valence-corrected chi connectivity index (χ2v) is 5.44. The summed E-state index contributed by atoms with van der Waals surface area (Å²) >= 11 is 0. The highest BCUT2D eigenvalue weighted by Gasteiger charge is 2.28. The molecule has 0 radical (unpaired) electrons. The van der Waals surface area contributed by atoms with Crippen molar-refractivity contribution in [3.8, 4) is 0 Å². The molecule has 3 nitrogen and oxygen atoms in total. The number of carbonyl (C=O) groups is 1. The summed E-state index contributed by atoms with van der Waals surface area (Å²) in [4.78, 5) is 11.8. The molecule has 1 aliphatic carbocycles. The Labute approximate surface area is 119 Å². The number of anilines is 1. The molecule has 1 aromatic rings. The lowest BCUT2D eigenvalue weighted by molar-refractivity contribution is -0.149. The first kappa shape index (κ1) is 14.8. The fraction of sp³-hybridized carbons (Fsp3) is 0.562. The molecule has 0 heterocycles. The molecule has 1 N–H and O–H groups in total. The van der Waals surface area contributed by atoms with Crippen LogP contribution in [-0.4, -0.2) is 18.6 Å². The maximum atomic E-state index is 13.8. The van der Waals surface area contributed by atoms with Gasteiger partial charge in [-0.2, -0.15) is 0 Å². The molecular weight excluding hydrogens is 257 g/mol. The third kappa shape index (κ3) is 3.71. The van der Waals surface area contributed by atoms with E-state index in [9.17, 15) is 9.18 Å². The number of aryl methyl sites for hydroxylation is 1. The van der Waals surface area contributed by atoms with Gasteiger partial charge in [0.2, 0.25) is 0 Å². The molecule has 1 fully saturated rings. The molecule has 2 rings (SSSR count). The highest BCUT2D eigenvalue weighted by Crippen LogP contribution is 2.28. The van der Waals surface area contributed by atoms with Gasteiger partial charge in [0.25, 0.3) is 0 Å². The summed E-state index contributed by atoms with van der Waals surface area (Å²) in [5, 5.41) is 3.22. The van der Waals surface area contributed by atoms with Gasteiger partial charge in [0.1, 0.15) is 5.82 Å². The van der Waals surface area contributed by atoms with Crippen molar-refractivity contribution in [1.29, 1.82) is 0 Å². The van der Waals surface area contributed by atoms with E-state index in [-0.39, 0.29) is 23.7 Å². The van der Waals surface area contributed by atoms with Gasteiger partial charge in [0.15, 0.2) is 0 Å². The molecule has 2 atom stereocenters. The molecule has 1 aromatic carbocycles. The van der Waals surface area contributed by atoms with Gasteiger partial charge < -0.3 is 10.1 Å². The highest BCUT2D eigenvalue weighted by molar-refractivity contribution is 5.72. The van der Waals surface area contributed by atoms with Crippen LogP contribution in [0.15, 0.2) is 18.2 Å². The Kier molecular flexibility index (Phi) is 4.99. The molecule has 0 aliphatic heterocycles. The molecule has 0 spiro atoms. The molecule has 1 aliphatic rings. The Morgan fingerprint density at radius 1 is 1.45 bits per heavy atom. The largest absolute Gasteiger partial charge is 0.466 e. The van der Waals surface area contributed by atoms with Gasteiger partial charge in [0.05, 0.1) is 18.2 Å². The van der Waals surface area contributed by atoms with Gasteiger partial charge in [-0.1, -0.05) is 12.5 Å². The maximum Gasteiger partial charge on any atom is 0.308 e. The third-order valence-electron chi connectivity index (χ3n) is 3.78. The van der Waals surface area contributed by atoms with Crippen molar-refractivity contribution < 1.29 is 13.9 Å². The van der Waals surface area contributed by atoms with Gasteiger partial charge in [-0.3, -0.25) is 4.79 Å². The summed E-state index contributed by atoms with van der Waals surface area (Å²) < 4.78 is 18.9. The van der Waals surface area contributed by atoms with E-state index in [1.165, 1.54) is 6.07 Å². The standard InChI is InChI=1S/C16H22FNO2/c1-3-20-16(19)12-5-4-6-13(10-12)18-15-8-7-11(2)9-14(15)17/h7-9,12-13,18H,3-6,10H2,1-2H3. The van der Waals surface area contributed by atoms with Crippen LogP contribution >= 0.6 is 0 Å². The monoisotopic (exact) mass is 279 g/mol. The van der Waals surface area contributed by atoms with Crippen molar-refractivity contribution in [3.63, 3.8) is 0 Å². The number of ether oxygens (including phenoxy) is 1. The van der Waals surface area contributed by atoms with Gasteiger partial charge >= 0.3 is 5.97 Å². The molecule has 0 saturated heterocycles. The van der Waals surface area contributed by atoms with Crippen LogP contribution in [0.1, 0.15) is 38.2 Å². The lowest BCUT2D eigenvalue weighted by Gasteiger charge is -2.29. The van der Waals surface area contributed by atoms with Crippen molar-refractivity contribution in [3.05, 3.63) is 29.6 Å². The Morgan fingerprint density at radius 2 is 2.25 bits per heavy atom. The summed E-state index contributed by atoms with van der Waals surface area (Å²) in [6, 6.07) is 5.30. The van der Waals surface area contributed by atoms with Gasteiger partial charge in [0, 0.05) is 6.04 Å². The first-order valence-corrected chi connectivity index (χ1v) is 7.29. The van der Waals surface area contributed by atoms with E-state index in [1.54, 1.807) is 6.07 Å². The number of benzene rings is 1. The van der Waals surface area contributed by atoms with Crippen molar-refractivity contribution in [2.24, 2.45) is 5.92 Å². The molecule has 0 amide bonds. The lowest BCUT2D eigenvalue weighted by Crippen LogP contribution is -2.32. The van der Waals surface area contributed by atoms with E-state index < -0.39 is 0 Å². The van der Waals surface area contributed by atoms with E-state index in [2.05, 4.69) is 5.32 Å². The number of hydrogen-bond donors (Lipinski definition) is 1. The Bertz CT molecular complexity index is 476. The van der Waals surface area contributed by atoms with Crippen LogP contribution in [0.25, 0.3) is 0 Å². The molecule has 0 aromatic heterocycles. The zero-order valence-electron chi connectivity index (χ0n) is 12.1. The summed E-state index contributed by atoms with van der Waals surface area (Å²) in [5.41, 5.74) is 1.42. The number of rotatable bonds is 4. The van der Waals surface area contributed by atoms with Crippen molar-refractivity contribution >= 4 is 11.7 Å². The van der Waals surface area contributed by atoms with E-state index in [1.807, 2.05) is 19.9 Å². The third-order valence-corrected chi connectivity index (χ3v) is 3.78. The number of halogens is 1. The van der Waals surface area contributed by atoms with Crippen LogP contribution in [-0.2, 0) is 9.53 Å². The van der Waals surface area contributed by atoms with Crippen molar-refractivity contribution in [2.75, 3.05) is 11.9 Å². The van der Waals surface area contributed by atoms with E-state index >= 15 is 0 Å². The molecule has 110 valence electrons. The SMILES string of the molecule is CCOC(=O)C1CCCC(Nc2ccc(C)cc2F)C1. The summed E-state index contributed by atoms with van der Waals surface area (Å²) in [7, 11) is 0. The Hall–Kier alpha value is -1.58. The summed E-state index contributed by atoms with van der Waals surface area (Å²) in [6.07, 6.45) is 3.51. The van der Waals surface area contributed by atoms with Crippen LogP contribution < -0.4 is 5.32 Å². The molecule has 1 saturated carbocycles. The normalized spacial score (nSPS) is 22.4. The van der Waals surface area contributed by atoms with Crippen LogP contribution in [0.3, 0.4) is 0 Å². The maximum absolute atomic E-state index is 13.8. The highest BCUT2D eigenvalue weighted by atomic mass is 19.1. The van der Waals surface area contributed by atoms with Crippen LogP contribution in [0.2, 0.25) is 0 Å².